The van der Waals surface area contributed by atoms with E-state index in [0.29, 0.717) is 11.4 Å². The molecule has 0 spiro atoms. The van der Waals surface area contributed by atoms with Crippen LogP contribution >= 0.6 is 8.20 Å². The molecule has 2 unspecified atom stereocenters. The highest BCUT2D eigenvalue weighted by Gasteiger charge is 2.41. The lowest BCUT2D eigenvalue weighted by atomic mass is 9.78. The van der Waals surface area contributed by atoms with E-state index in [9.17, 15) is 4.79 Å². The summed E-state index contributed by atoms with van der Waals surface area (Å²) in [6.45, 7) is 10.9. The lowest BCUT2D eigenvalue weighted by molar-refractivity contribution is -0.115. The molecule has 0 amide bonds. The second-order valence-electron chi connectivity index (χ2n) is 6.18. The molecule has 2 aliphatic rings. The summed E-state index contributed by atoms with van der Waals surface area (Å²) >= 11 is 0. The van der Waals surface area contributed by atoms with Gasteiger partial charge in [-0.25, -0.2) is 0 Å². The summed E-state index contributed by atoms with van der Waals surface area (Å²) in [5.41, 5.74) is 4.29. The topological polar surface area (TPSA) is 26.3 Å². The van der Waals surface area contributed by atoms with E-state index in [4.69, 9.17) is 4.43 Å². The molecule has 0 fully saturated rings. The van der Waals surface area contributed by atoms with Gasteiger partial charge in [0.05, 0.1) is 5.48 Å². The van der Waals surface area contributed by atoms with Crippen molar-refractivity contribution in [1.29, 1.82) is 0 Å². The molecule has 2 atom stereocenters. The molecule has 0 aromatic carbocycles. The zero-order valence-corrected chi connectivity index (χ0v) is 13.2. The number of allylic oxidation sites excluding steroid dienone is 2. The average molecular weight is 268 g/mol. The van der Waals surface area contributed by atoms with Crippen LogP contribution in [0.1, 0.15) is 26.7 Å². The smallest absolute Gasteiger partial charge is 0.191 e. The van der Waals surface area contributed by atoms with Gasteiger partial charge in [0.2, 0.25) is 0 Å². The molecule has 1 aliphatic carbocycles. The van der Waals surface area contributed by atoms with Crippen LogP contribution in [0.3, 0.4) is 0 Å². The SMILES string of the molecule is CC1=C(C)CC2C(O[Si](C)(C)C)=PC(=O)C2C1. The van der Waals surface area contributed by atoms with Crippen LogP contribution in [0.5, 0.6) is 0 Å². The molecule has 2 rings (SSSR count). The first-order valence-corrected chi connectivity index (χ1v) is 10.5. The summed E-state index contributed by atoms with van der Waals surface area (Å²) in [5.74, 6) is 0.561. The first-order valence-electron chi connectivity index (χ1n) is 6.24. The van der Waals surface area contributed by atoms with E-state index in [1.165, 1.54) is 11.1 Å². The molecule has 0 aromatic heterocycles. The fourth-order valence-corrected chi connectivity index (χ4v) is 5.37. The molecule has 0 radical (unpaired) electrons. The minimum atomic E-state index is -1.58. The van der Waals surface area contributed by atoms with Gasteiger partial charge in [0.1, 0.15) is 0 Å². The molecule has 94 valence electrons. The van der Waals surface area contributed by atoms with E-state index < -0.39 is 8.32 Å². The highest BCUT2D eigenvalue weighted by molar-refractivity contribution is 7.59. The Labute approximate surface area is 106 Å². The van der Waals surface area contributed by atoms with Gasteiger partial charge in [-0.15, -0.1) is 0 Å². The van der Waals surface area contributed by atoms with Gasteiger partial charge in [0, 0.05) is 20.0 Å². The zero-order valence-electron chi connectivity index (χ0n) is 11.3. The summed E-state index contributed by atoms with van der Waals surface area (Å²) in [6.07, 6.45) is 1.97. The molecule has 0 saturated heterocycles. The summed E-state index contributed by atoms with van der Waals surface area (Å²) in [5, 5.41) is 0. The molecule has 4 heteroatoms. The standard InChI is InChI=1S/C13H21O2PSi/c1-8-6-10-11(7-9(8)2)13(16-12(10)14)15-17(3,4)5/h10-11H,6-7H2,1-5H3. The van der Waals surface area contributed by atoms with Crippen LogP contribution in [-0.2, 0) is 9.22 Å². The Kier molecular flexibility index (Phi) is 3.46. The van der Waals surface area contributed by atoms with Gasteiger partial charge in [-0.2, -0.15) is 0 Å². The largest absolute Gasteiger partial charge is 0.385 e. The summed E-state index contributed by atoms with van der Waals surface area (Å²) in [4.78, 5) is 12.0. The first kappa shape index (κ1) is 13.2. The zero-order chi connectivity index (χ0) is 12.8. The van der Waals surface area contributed by atoms with Crippen molar-refractivity contribution in [3.63, 3.8) is 0 Å². The predicted octanol–water partition coefficient (Wildman–Crippen LogP) is 3.82. The molecule has 0 aromatic rings. The van der Waals surface area contributed by atoms with Crippen molar-refractivity contribution in [2.24, 2.45) is 11.8 Å². The average Bonchev–Trinajstić information content (AvgIpc) is 2.43. The number of carbonyl (C=O) groups excluding carboxylic acids is 1. The van der Waals surface area contributed by atoms with Crippen molar-refractivity contribution in [2.75, 3.05) is 0 Å². The van der Waals surface area contributed by atoms with Gasteiger partial charge >= 0.3 is 0 Å². The van der Waals surface area contributed by atoms with Crippen molar-refractivity contribution in [2.45, 2.75) is 46.3 Å². The Hall–Kier alpha value is -0.243. The Morgan fingerprint density at radius 1 is 1.12 bits per heavy atom. The van der Waals surface area contributed by atoms with E-state index in [-0.39, 0.29) is 5.92 Å². The third-order valence-corrected chi connectivity index (χ3v) is 5.73. The lowest BCUT2D eigenvalue weighted by Gasteiger charge is -2.30. The number of fused-ring (bicyclic) bond motifs is 1. The van der Waals surface area contributed by atoms with Crippen molar-refractivity contribution in [3.8, 4) is 0 Å². The maximum absolute atomic E-state index is 12.0. The van der Waals surface area contributed by atoms with Crippen LogP contribution in [0, 0.1) is 11.8 Å². The Balaban J connectivity index is 2.22. The summed E-state index contributed by atoms with van der Waals surface area (Å²) in [6, 6.07) is 0. The second-order valence-corrected chi connectivity index (χ2v) is 11.7. The number of hydrogen-bond donors (Lipinski definition) is 0. The van der Waals surface area contributed by atoms with Gasteiger partial charge in [0.15, 0.2) is 13.8 Å². The van der Waals surface area contributed by atoms with Crippen molar-refractivity contribution >= 4 is 27.5 Å². The molecule has 0 bridgehead atoms. The van der Waals surface area contributed by atoms with Crippen molar-refractivity contribution < 1.29 is 9.22 Å². The molecular weight excluding hydrogens is 247 g/mol. The fourth-order valence-electron chi connectivity index (χ4n) is 2.50. The fraction of sp³-hybridized carbons (Fsp3) is 0.692. The van der Waals surface area contributed by atoms with Crippen molar-refractivity contribution in [3.05, 3.63) is 11.1 Å². The van der Waals surface area contributed by atoms with Gasteiger partial charge in [0.25, 0.3) is 0 Å². The summed E-state index contributed by atoms with van der Waals surface area (Å²) in [7, 11) is -0.745. The van der Waals surface area contributed by atoms with Crippen LogP contribution in [0.15, 0.2) is 11.1 Å². The second kappa shape index (κ2) is 4.45. The van der Waals surface area contributed by atoms with E-state index in [0.717, 1.165) is 26.5 Å². The minimum Gasteiger partial charge on any atom is -0.385 e. The van der Waals surface area contributed by atoms with Gasteiger partial charge < -0.3 is 4.43 Å². The molecule has 1 heterocycles. The first-order chi connectivity index (χ1) is 7.78. The summed E-state index contributed by atoms with van der Waals surface area (Å²) < 4.78 is 6.12. The van der Waals surface area contributed by atoms with E-state index in [1.807, 2.05) is 0 Å². The maximum Gasteiger partial charge on any atom is 0.191 e. The Bertz CT molecular complexity index is 418. The Morgan fingerprint density at radius 2 is 1.65 bits per heavy atom. The highest BCUT2D eigenvalue weighted by Crippen LogP contribution is 2.44. The van der Waals surface area contributed by atoms with Gasteiger partial charge in [-0.05, 0) is 46.3 Å². The molecule has 1 aliphatic heterocycles. The number of rotatable bonds is 2. The van der Waals surface area contributed by atoms with Crippen LogP contribution in [0.2, 0.25) is 19.6 Å². The van der Waals surface area contributed by atoms with Gasteiger partial charge in [-0.3, -0.25) is 4.79 Å². The maximum atomic E-state index is 12.0. The van der Waals surface area contributed by atoms with Crippen LogP contribution < -0.4 is 0 Å². The van der Waals surface area contributed by atoms with Crippen LogP contribution in [0.25, 0.3) is 0 Å². The molecular formula is C13H21O2PSi. The van der Waals surface area contributed by atoms with Crippen LogP contribution in [-0.4, -0.2) is 19.3 Å². The van der Waals surface area contributed by atoms with E-state index in [1.54, 1.807) is 0 Å². The van der Waals surface area contributed by atoms with Gasteiger partial charge in [-0.1, -0.05) is 11.1 Å². The quantitative estimate of drug-likeness (QED) is 0.432. The lowest BCUT2D eigenvalue weighted by Crippen LogP contribution is -2.34. The number of hydrogen-bond acceptors (Lipinski definition) is 2. The van der Waals surface area contributed by atoms with E-state index in [2.05, 4.69) is 33.5 Å². The highest BCUT2D eigenvalue weighted by atomic mass is 31.1. The third kappa shape index (κ3) is 2.78. The van der Waals surface area contributed by atoms with E-state index >= 15 is 0 Å². The van der Waals surface area contributed by atoms with Crippen LogP contribution in [0.4, 0.5) is 0 Å². The molecule has 2 nitrogen and oxygen atoms in total. The number of carbonyl (C=O) groups is 1. The molecule has 0 N–H and O–H groups in total. The van der Waals surface area contributed by atoms with Crippen molar-refractivity contribution in [1.82, 2.24) is 0 Å². The third-order valence-electron chi connectivity index (χ3n) is 3.53. The molecule has 0 saturated carbocycles. The predicted molar refractivity (Wildman–Crippen MR) is 76.0 cm³/mol. The molecule has 17 heavy (non-hydrogen) atoms. The normalized spacial score (nSPS) is 30.4. The Morgan fingerprint density at radius 3 is 2.18 bits per heavy atom. The minimum absolute atomic E-state index is 0.201. The monoisotopic (exact) mass is 268 g/mol.